The number of hydrogen-bond acceptors (Lipinski definition) is 5. The van der Waals surface area contributed by atoms with Crippen molar-refractivity contribution in [2.24, 2.45) is 0 Å². The van der Waals surface area contributed by atoms with E-state index in [9.17, 15) is 9.59 Å². The molecule has 0 saturated carbocycles. The van der Waals surface area contributed by atoms with Crippen LogP contribution in [0, 0.1) is 0 Å². The highest BCUT2D eigenvalue weighted by molar-refractivity contribution is 5.99. The van der Waals surface area contributed by atoms with E-state index in [1.54, 1.807) is 13.2 Å². The van der Waals surface area contributed by atoms with Crippen LogP contribution >= 0.6 is 0 Å². The summed E-state index contributed by atoms with van der Waals surface area (Å²) in [5, 5.41) is 3.60. The van der Waals surface area contributed by atoms with Crippen molar-refractivity contribution in [1.82, 2.24) is 20.2 Å². The van der Waals surface area contributed by atoms with Crippen LogP contribution in [0.3, 0.4) is 0 Å². The largest absolute Gasteiger partial charge is 0.488 e. The summed E-state index contributed by atoms with van der Waals surface area (Å²) in [5.41, 5.74) is 2.92. The number of nitrogens with one attached hydrogen (secondary N) is 2. The molecule has 2 amide bonds. The summed E-state index contributed by atoms with van der Waals surface area (Å²) in [5.74, 6) is 1.18. The number of rotatable bonds is 3. The Labute approximate surface area is 180 Å². The summed E-state index contributed by atoms with van der Waals surface area (Å²) in [6, 6.07) is 9.64. The summed E-state index contributed by atoms with van der Waals surface area (Å²) in [6.45, 7) is 2.75. The third-order valence-electron chi connectivity index (χ3n) is 5.94. The van der Waals surface area contributed by atoms with E-state index in [0.29, 0.717) is 36.0 Å². The molecule has 160 valence electrons. The molecule has 31 heavy (non-hydrogen) atoms. The van der Waals surface area contributed by atoms with Gasteiger partial charge in [-0.15, -0.1) is 0 Å². The van der Waals surface area contributed by atoms with Crippen molar-refractivity contribution in [3.63, 3.8) is 0 Å². The van der Waals surface area contributed by atoms with E-state index in [0.717, 1.165) is 42.5 Å². The molecule has 3 aromatic rings. The van der Waals surface area contributed by atoms with E-state index in [1.807, 2.05) is 35.2 Å². The Kier molecular flexibility index (Phi) is 4.97. The lowest BCUT2D eigenvalue weighted by Gasteiger charge is -2.31. The van der Waals surface area contributed by atoms with Crippen molar-refractivity contribution in [1.29, 1.82) is 0 Å². The van der Waals surface area contributed by atoms with Gasteiger partial charge in [0.2, 0.25) is 0 Å². The molecule has 8 nitrogen and oxygen atoms in total. The maximum Gasteiger partial charge on any atom is 0.267 e. The normalized spacial score (nSPS) is 16.0. The third-order valence-corrected chi connectivity index (χ3v) is 5.94. The van der Waals surface area contributed by atoms with Crippen molar-refractivity contribution in [3.8, 4) is 5.75 Å². The molecule has 5 rings (SSSR count). The quantitative estimate of drug-likeness (QED) is 0.681. The van der Waals surface area contributed by atoms with Crippen molar-refractivity contribution in [2.75, 3.05) is 38.2 Å². The van der Waals surface area contributed by atoms with Gasteiger partial charge in [0.05, 0.1) is 12.1 Å². The van der Waals surface area contributed by atoms with Gasteiger partial charge < -0.3 is 24.8 Å². The highest BCUT2D eigenvalue weighted by Crippen LogP contribution is 2.36. The van der Waals surface area contributed by atoms with Gasteiger partial charge in [-0.3, -0.25) is 9.59 Å². The summed E-state index contributed by atoms with van der Waals surface area (Å²) >= 11 is 0. The maximum atomic E-state index is 12.8. The Hall–Kier alpha value is -3.55. The molecule has 8 heteroatoms. The van der Waals surface area contributed by atoms with Gasteiger partial charge in [0.1, 0.15) is 12.3 Å². The molecule has 1 aromatic carbocycles. The van der Waals surface area contributed by atoms with Crippen molar-refractivity contribution in [3.05, 3.63) is 47.8 Å². The molecule has 4 heterocycles. The number of pyridine rings is 1. The van der Waals surface area contributed by atoms with Gasteiger partial charge >= 0.3 is 0 Å². The van der Waals surface area contributed by atoms with Gasteiger partial charge in [0.25, 0.3) is 11.8 Å². The second-order valence-electron chi connectivity index (χ2n) is 7.93. The van der Waals surface area contributed by atoms with Crippen LogP contribution in [-0.2, 0) is 0 Å². The molecular weight excluding hydrogens is 394 g/mol. The van der Waals surface area contributed by atoms with Crippen LogP contribution in [0.15, 0.2) is 36.5 Å². The topological polar surface area (TPSA) is 90.6 Å². The molecule has 2 aliphatic heterocycles. The van der Waals surface area contributed by atoms with E-state index in [4.69, 9.17) is 4.74 Å². The van der Waals surface area contributed by atoms with Crippen LogP contribution in [0.5, 0.6) is 5.75 Å². The van der Waals surface area contributed by atoms with Crippen molar-refractivity contribution in [2.45, 2.75) is 19.3 Å². The number of fused-ring (bicyclic) bond motifs is 2. The lowest BCUT2D eigenvalue weighted by Crippen LogP contribution is -2.36. The molecule has 2 aliphatic rings. The van der Waals surface area contributed by atoms with Crippen LogP contribution in [-0.4, -0.2) is 60.0 Å². The number of carbonyl (C=O) groups is 2. The van der Waals surface area contributed by atoms with Gasteiger partial charge in [-0.1, -0.05) is 6.07 Å². The Bertz CT molecular complexity index is 1150. The average Bonchev–Trinajstić information content (AvgIpc) is 3.26. The number of aromatic amines is 1. The zero-order chi connectivity index (χ0) is 21.4. The predicted octanol–water partition coefficient (Wildman–Crippen LogP) is 3.08. The molecule has 2 N–H and O–H groups in total. The number of ether oxygens (including phenoxy) is 1. The molecule has 1 saturated heterocycles. The van der Waals surface area contributed by atoms with E-state index in [2.05, 4.69) is 20.2 Å². The number of carbonyl (C=O) groups excluding carboxylic acids is 2. The van der Waals surface area contributed by atoms with E-state index in [-0.39, 0.29) is 11.8 Å². The second-order valence-corrected chi connectivity index (χ2v) is 7.93. The molecule has 0 spiro atoms. The number of likely N-dealkylation sites (tertiary alicyclic amines) is 1. The summed E-state index contributed by atoms with van der Waals surface area (Å²) in [7, 11) is 1.61. The average molecular weight is 419 g/mol. The fourth-order valence-electron chi connectivity index (χ4n) is 4.29. The number of hydrogen-bond donors (Lipinski definition) is 2. The second kappa shape index (κ2) is 7.94. The minimum absolute atomic E-state index is 0.0188. The molecule has 0 atom stereocenters. The number of nitrogens with zero attached hydrogens (tertiary/aromatic N) is 3. The lowest BCUT2D eigenvalue weighted by molar-refractivity contribution is 0.0723. The van der Waals surface area contributed by atoms with Gasteiger partial charge in [0.15, 0.2) is 11.6 Å². The predicted molar refractivity (Wildman–Crippen MR) is 118 cm³/mol. The van der Waals surface area contributed by atoms with Crippen LogP contribution < -0.4 is 15.0 Å². The fourth-order valence-corrected chi connectivity index (χ4v) is 4.29. The third kappa shape index (κ3) is 3.58. The van der Waals surface area contributed by atoms with Gasteiger partial charge in [0, 0.05) is 42.9 Å². The number of benzene rings is 1. The fraction of sp³-hybridized carbons (Fsp3) is 0.348. The van der Waals surface area contributed by atoms with E-state index < -0.39 is 0 Å². The van der Waals surface area contributed by atoms with E-state index >= 15 is 0 Å². The summed E-state index contributed by atoms with van der Waals surface area (Å²) < 4.78 is 5.86. The smallest absolute Gasteiger partial charge is 0.267 e. The summed E-state index contributed by atoms with van der Waals surface area (Å²) in [6.07, 6.45) is 4.93. The number of piperidine rings is 1. The van der Waals surface area contributed by atoms with E-state index in [1.165, 1.54) is 6.42 Å². The summed E-state index contributed by atoms with van der Waals surface area (Å²) in [4.78, 5) is 36.5. The minimum Gasteiger partial charge on any atom is -0.488 e. The van der Waals surface area contributed by atoms with Crippen LogP contribution in [0.25, 0.3) is 10.9 Å². The number of anilines is 2. The lowest BCUT2D eigenvalue weighted by atomic mass is 10.1. The van der Waals surface area contributed by atoms with Gasteiger partial charge in [-0.2, -0.15) is 0 Å². The Morgan fingerprint density at radius 3 is 2.74 bits per heavy atom. The van der Waals surface area contributed by atoms with Gasteiger partial charge in [-0.25, -0.2) is 4.98 Å². The zero-order valence-corrected chi connectivity index (χ0v) is 17.5. The first-order valence-corrected chi connectivity index (χ1v) is 10.7. The highest BCUT2D eigenvalue weighted by Gasteiger charge is 2.25. The molecule has 0 bridgehead atoms. The molecule has 0 unspecified atom stereocenters. The zero-order valence-electron chi connectivity index (χ0n) is 17.5. The van der Waals surface area contributed by atoms with Crippen molar-refractivity contribution < 1.29 is 14.3 Å². The number of amides is 2. The Balaban J connectivity index is 1.44. The Morgan fingerprint density at radius 2 is 1.94 bits per heavy atom. The highest BCUT2D eigenvalue weighted by atomic mass is 16.5. The SMILES string of the molecule is CNC(=O)c1cc2ccc(N3CCOc4cc(C(=O)N5CCCCC5)cnc43)cc2[nH]1. The van der Waals surface area contributed by atoms with Crippen LogP contribution in [0.2, 0.25) is 0 Å². The standard InChI is InChI=1S/C23H25N5O3/c1-24-22(29)19-11-15-5-6-17(13-18(15)26-19)28-9-10-31-20-12-16(14-25-21(20)28)23(30)27-7-3-2-4-8-27/h5-6,11-14,26H,2-4,7-10H2,1H3,(H,24,29). The first-order chi connectivity index (χ1) is 15.1. The van der Waals surface area contributed by atoms with Crippen LogP contribution in [0.1, 0.15) is 40.1 Å². The molecule has 1 fully saturated rings. The monoisotopic (exact) mass is 419 g/mol. The molecule has 2 aromatic heterocycles. The maximum absolute atomic E-state index is 12.8. The first kappa shape index (κ1) is 19.4. The molecule has 0 aliphatic carbocycles. The minimum atomic E-state index is -0.151. The first-order valence-electron chi connectivity index (χ1n) is 10.7. The number of aromatic nitrogens is 2. The number of H-pyrrole nitrogens is 1. The van der Waals surface area contributed by atoms with Gasteiger partial charge in [-0.05, 0) is 43.5 Å². The van der Waals surface area contributed by atoms with Crippen molar-refractivity contribution >= 4 is 34.2 Å². The Morgan fingerprint density at radius 1 is 1.10 bits per heavy atom. The molecule has 0 radical (unpaired) electrons. The van der Waals surface area contributed by atoms with Crippen LogP contribution in [0.4, 0.5) is 11.5 Å². The molecular formula is C23H25N5O3.